The maximum atomic E-state index is 12.9. The number of anilines is 1. The molecule has 6 rings (SSSR count). The number of amides is 3. The van der Waals surface area contributed by atoms with E-state index in [1.54, 1.807) is 31.4 Å². The van der Waals surface area contributed by atoms with Crippen molar-refractivity contribution in [2.75, 3.05) is 19.0 Å². The molecule has 6 heteroatoms. The quantitative estimate of drug-likeness (QED) is 0.661. The molecular weight excluding hydrogens is 332 g/mol. The number of hydrogen-bond acceptors (Lipinski definition) is 4. The van der Waals surface area contributed by atoms with E-state index in [9.17, 15) is 14.4 Å². The SMILES string of the molecule is COc1ccc(NC(=O)CN2C(=O)[C@@H]3[C@H]4C=C[C@H]([C@H]5C[C@H]45)[C@@H]3C2=O)cc1. The summed E-state index contributed by atoms with van der Waals surface area (Å²) in [6.07, 6.45) is 5.39. The summed E-state index contributed by atoms with van der Waals surface area (Å²) in [5.74, 6) is 0.975. The summed E-state index contributed by atoms with van der Waals surface area (Å²) in [5.41, 5.74) is 0.607. The number of nitrogens with one attached hydrogen (secondary N) is 1. The van der Waals surface area contributed by atoms with E-state index in [-0.39, 0.29) is 47.9 Å². The second-order valence-corrected chi connectivity index (χ2v) is 7.69. The van der Waals surface area contributed by atoms with Crippen molar-refractivity contribution in [3.8, 4) is 5.75 Å². The molecule has 1 N–H and O–H groups in total. The second-order valence-electron chi connectivity index (χ2n) is 7.69. The van der Waals surface area contributed by atoms with Crippen LogP contribution in [0, 0.1) is 35.5 Å². The molecule has 0 unspecified atom stereocenters. The molecule has 1 aromatic carbocycles. The minimum absolute atomic E-state index is 0.172. The third-order valence-electron chi connectivity index (χ3n) is 6.43. The van der Waals surface area contributed by atoms with Crippen LogP contribution in [0.25, 0.3) is 0 Å². The van der Waals surface area contributed by atoms with Gasteiger partial charge in [-0.25, -0.2) is 0 Å². The summed E-state index contributed by atoms with van der Waals surface area (Å²) in [4.78, 5) is 39.2. The molecule has 1 heterocycles. The van der Waals surface area contributed by atoms with Gasteiger partial charge in [0.05, 0.1) is 18.9 Å². The number of hydrogen-bond donors (Lipinski definition) is 1. The molecule has 0 spiro atoms. The number of carbonyl (C=O) groups excluding carboxylic acids is 3. The lowest BCUT2D eigenvalue weighted by Crippen LogP contribution is -2.40. The van der Waals surface area contributed by atoms with Crippen LogP contribution in [0.5, 0.6) is 5.75 Å². The maximum absolute atomic E-state index is 12.9. The Morgan fingerprint density at radius 2 is 1.65 bits per heavy atom. The highest BCUT2D eigenvalue weighted by Crippen LogP contribution is 2.65. The lowest BCUT2D eigenvalue weighted by atomic mass is 9.63. The van der Waals surface area contributed by atoms with Crippen LogP contribution in [-0.4, -0.2) is 36.3 Å². The number of benzene rings is 1. The number of methoxy groups -OCH3 is 1. The fourth-order valence-electron chi connectivity index (χ4n) is 5.19. The zero-order valence-electron chi connectivity index (χ0n) is 14.4. The molecule has 2 saturated carbocycles. The summed E-state index contributed by atoms with van der Waals surface area (Å²) in [7, 11) is 1.57. The van der Waals surface area contributed by atoms with Crippen molar-refractivity contribution in [1.29, 1.82) is 0 Å². The molecule has 0 radical (unpaired) electrons. The average molecular weight is 352 g/mol. The molecule has 6 atom stereocenters. The Labute approximate surface area is 151 Å². The molecule has 3 fully saturated rings. The second kappa shape index (κ2) is 5.43. The first-order valence-corrected chi connectivity index (χ1v) is 9.06. The molecule has 6 nitrogen and oxygen atoms in total. The van der Waals surface area contributed by atoms with Crippen LogP contribution >= 0.6 is 0 Å². The van der Waals surface area contributed by atoms with Crippen LogP contribution in [0.4, 0.5) is 5.69 Å². The van der Waals surface area contributed by atoms with Gasteiger partial charge in [0, 0.05) is 5.69 Å². The van der Waals surface area contributed by atoms with E-state index in [1.165, 1.54) is 4.90 Å². The molecule has 5 aliphatic rings. The van der Waals surface area contributed by atoms with Crippen molar-refractivity contribution >= 4 is 23.4 Å². The number of rotatable bonds is 4. The summed E-state index contributed by atoms with van der Waals surface area (Å²) in [6.45, 7) is -0.217. The molecule has 0 aromatic heterocycles. The number of likely N-dealkylation sites (tertiary alicyclic amines) is 1. The predicted octanol–water partition coefficient (Wildman–Crippen LogP) is 1.69. The Morgan fingerprint density at radius 1 is 1.08 bits per heavy atom. The van der Waals surface area contributed by atoms with Crippen molar-refractivity contribution < 1.29 is 19.1 Å². The van der Waals surface area contributed by atoms with Crippen molar-refractivity contribution in [3.05, 3.63) is 36.4 Å². The maximum Gasteiger partial charge on any atom is 0.244 e. The first kappa shape index (κ1) is 15.6. The van der Waals surface area contributed by atoms with Gasteiger partial charge >= 0.3 is 0 Å². The monoisotopic (exact) mass is 352 g/mol. The lowest BCUT2D eigenvalue weighted by molar-refractivity contribution is -0.142. The van der Waals surface area contributed by atoms with E-state index in [0.717, 1.165) is 6.42 Å². The van der Waals surface area contributed by atoms with Gasteiger partial charge in [0.15, 0.2) is 0 Å². The van der Waals surface area contributed by atoms with Gasteiger partial charge < -0.3 is 10.1 Å². The number of ether oxygens (including phenoxy) is 1. The molecule has 4 aliphatic carbocycles. The van der Waals surface area contributed by atoms with E-state index in [2.05, 4.69) is 17.5 Å². The van der Waals surface area contributed by atoms with E-state index < -0.39 is 0 Å². The summed E-state index contributed by atoms with van der Waals surface area (Å²) in [5, 5.41) is 2.74. The zero-order valence-corrected chi connectivity index (χ0v) is 14.4. The molecule has 134 valence electrons. The highest BCUT2D eigenvalue weighted by molar-refractivity contribution is 6.09. The van der Waals surface area contributed by atoms with Crippen LogP contribution < -0.4 is 10.1 Å². The Hall–Kier alpha value is -2.63. The normalized spacial score (nSPS) is 36.0. The van der Waals surface area contributed by atoms with Crippen molar-refractivity contribution in [2.24, 2.45) is 35.5 Å². The Kier molecular flexibility index (Phi) is 3.26. The third-order valence-corrected chi connectivity index (χ3v) is 6.43. The van der Waals surface area contributed by atoms with Crippen LogP contribution in [0.2, 0.25) is 0 Å². The lowest BCUT2D eigenvalue weighted by Gasteiger charge is -2.37. The Balaban J connectivity index is 1.30. The Morgan fingerprint density at radius 3 is 2.19 bits per heavy atom. The van der Waals surface area contributed by atoms with E-state index in [0.29, 0.717) is 23.3 Å². The van der Waals surface area contributed by atoms with Gasteiger partial charge in [0.25, 0.3) is 0 Å². The van der Waals surface area contributed by atoms with Crippen LogP contribution in [0.15, 0.2) is 36.4 Å². The summed E-state index contributed by atoms with van der Waals surface area (Å²) < 4.78 is 5.09. The number of carbonyl (C=O) groups is 3. The molecule has 1 aromatic rings. The predicted molar refractivity (Wildman–Crippen MR) is 93.0 cm³/mol. The van der Waals surface area contributed by atoms with Gasteiger partial charge in [0.1, 0.15) is 12.3 Å². The molecule has 26 heavy (non-hydrogen) atoms. The topological polar surface area (TPSA) is 75.7 Å². The van der Waals surface area contributed by atoms with E-state index in [4.69, 9.17) is 4.74 Å². The molecular formula is C20H20N2O4. The number of allylic oxidation sites excluding steroid dienone is 2. The largest absolute Gasteiger partial charge is 0.497 e. The van der Waals surface area contributed by atoms with Gasteiger partial charge in [-0.2, -0.15) is 0 Å². The summed E-state index contributed by atoms with van der Waals surface area (Å²) in [6, 6.07) is 6.93. The fraction of sp³-hybridized carbons (Fsp3) is 0.450. The van der Waals surface area contributed by atoms with E-state index in [1.807, 2.05) is 0 Å². The van der Waals surface area contributed by atoms with Crippen molar-refractivity contribution in [3.63, 3.8) is 0 Å². The van der Waals surface area contributed by atoms with Gasteiger partial charge in [-0.1, -0.05) is 12.2 Å². The van der Waals surface area contributed by atoms with Crippen molar-refractivity contribution in [1.82, 2.24) is 4.90 Å². The van der Waals surface area contributed by atoms with Gasteiger partial charge in [-0.05, 0) is 54.4 Å². The number of imide groups is 1. The smallest absolute Gasteiger partial charge is 0.244 e. The first-order chi connectivity index (χ1) is 12.6. The van der Waals surface area contributed by atoms with Gasteiger partial charge in [-0.15, -0.1) is 0 Å². The minimum atomic E-state index is -0.360. The highest BCUT2D eigenvalue weighted by atomic mass is 16.5. The summed E-state index contributed by atoms with van der Waals surface area (Å²) >= 11 is 0. The fourth-order valence-corrected chi connectivity index (χ4v) is 5.19. The minimum Gasteiger partial charge on any atom is -0.497 e. The standard InChI is InChI=1S/C20H20N2O4/c1-26-11-4-2-10(3-5-11)21-16(23)9-22-19(24)17-12-6-7-13(15-8-14(12)15)18(17)20(22)25/h2-7,12-15,17-18H,8-9H2,1H3,(H,21,23)/t12-,13+,14-,15-,17+,18-/m1/s1. The van der Waals surface area contributed by atoms with Gasteiger partial charge in [-0.3, -0.25) is 19.3 Å². The van der Waals surface area contributed by atoms with Crippen LogP contribution in [0.3, 0.4) is 0 Å². The van der Waals surface area contributed by atoms with Gasteiger partial charge in [0.2, 0.25) is 17.7 Å². The average Bonchev–Trinajstić information content (AvgIpc) is 3.43. The van der Waals surface area contributed by atoms with Crippen LogP contribution in [0.1, 0.15) is 6.42 Å². The number of nitrogens with zero attached hydrogens (tertiary/aromatic N) is 1. The third kappa shape index (κ3) is 2.14. The van der Waals surface area contributed by atoms with Crippen LogP contribution in [-0.2, 0) is 14.4 Å². The molecule has 2 bridgehead atoms. The Bertz CT molecular complexity index is 795. The first-order valence-electron chi connectivity index (χ1n) is 9.06. The van der Waals surface area contributed by atoms with E-state index >= 15 is 0 Å². The zero-order chi connectivity index (χ0) is 18.0. The molecule has 1 saturated heterocycles. The molecule has 1 aliphatic heterocycles. The van der Waals surface area contributed by atoms with Crippen molar-refractivity contribution in [2.45, 2.75) is 6.42 Å². The highest BCUT2D eigenvalue weighted by Gasteiger charge is 2.67. The molecule has 3 amide bonds.